The molecule has 3 aromatic carbocycles. The molecule has 3 N–H and O–H groups in total. The molecule has 5 aromatic rings. The van der Waals surface area contributed by atoms with Crippen molar-refractivity contribution in [2.75, 3.05) is 74.4 Å². The number of carbonyl (C=O) groups is 1. The number of sulfonamides is 1. The molecule has 18 heteroatoms. The first kappa shape index (κ1) is 45.4. The summed E-state index contributed by atoms with van der Waals surface area (Å²) in [4.78, 5) is 41.2. The Morgan fingerprint density at radius 1 is 0.914 bits per heavy atom. The Bertz CT molecular complexity index is 2940. The lowest BCUT2D eigenvalue weighted by molar-refractivity contribution is -0.384. The number of H-pyrrole nitrogens is 1. The van der Waals surface area contributed by atoms with Crippen molar-refractivity contribution in [2.45, 2.75) is 99.4 Å². The summed E-state index contributed by atoms with van der Waals surface area (Å²) < 4.78 is 54.5. The second kappa shape index (κ2) is 17.8. The molecule has 0 radical (unpaired) electrons. The molecule has 1 amide bonds. The van der Waals surface area contributed by atoms with Gasteiger partial charge in [0.05, 0.1) is 46.9 Å². The maximum Gasteiger partial charge on any atom is 0.293 e. The SMILES string of the molecule is Cc1ccccc1[C@H]1CCC2(CCOC2)N1C1CC2(CCN(c3ccc(C(=O)NS(=O)(=O)c4ccc(NCC5CCOCC5)c([N+](=O)[O-])c4)c(N4c5cc6cc[nH]c6nc5O[C@@H]5COC[C@H]54)c3)CC2)C1. The molecule has 2 aromatic heterocycles. The number of hydrogen-bond acceptors (Lipinski definition) is 14. The normalized spacial score (nSPS) is 25.8. The van der Waals surface area contributed by atoms with Crippen molar-refractivity contribution in [1.29, 1.82) is 0 Å². The number of nitro groups is 1. The van der Waals surface area contributed by atoms with Crippen LogP contribution < -0.4 is 24.6 Å². The molecule has 1 saturated carbocycles. The number of aromatic nitrogens is 2. The molecule has 70 heavy (non-hydrogen) atoms. The number of benzene rings is 3. The predicted octanol–water partition coefficient (Wildman–Crippen LogP) is 7.78. The van der Waals surface area contributed by atoms with Gasteiger partial charge in [-0.05, 0) is 130 Å². The van der Waals surface area contributed by atoms with Crippen LogP contribution in [0, 0.1) is 28.4 Å². The van der Waals surface area contributed by atoms with Gasteiger partial charge in [0.2, 0.25) is 5.88 Å². The number of ether oxygens (including phenoxy) is 4. The van der Waals surface area contributed by atoms with Crippen LogP contribution in [0.3, 0.4) is 0 Å². The van der Waals surface area contributed by atoms with Crippen molar-refractivity contribution >= 4 is 55.4 Å². The number of pyridine rings is 1. The number of aryl methyl sites for hydroxylation is 1. The van der Waals surface area contributed by atoms with Crippen LogP contribution in [-0.4, -0.2) is 117 Å². The van der Waals surface area contributed by atoms with Crippen molar-refractivity contribution in [3.8, 4) is 5.88 Å². The van der Waals surface area contributed by atoms with Crippen molar-refractivity contribution < 1.29 is 37.1 Å². The number of nitro benzene ring substituents is 1. The zero-order valence-corrected chi connectivity index (χ0v) is 40.3. The number of carbonyl (C=O) groups excluding carboxylic acids is 1. The van der Waals surface area contributed by atoms with Crippen LogP contribution in [0.25, 0.3) is 11.0 Å². The number of amides is 1. The lowest BCUT2D eigenvalue weighted by Crippen LogP contribution is -2.60. The molecule has 7 aliphatic rings. The monoisotopic (exact) mass is 972 g/mol. The van der Waals surface area contributed by atoms with Crippen LogP contribution in [0.2, 0.25) is 0 Å². The number of hydrogen-bond donors (Lipinski definition) is 3. The summed E-state index contributed by atoms with van der Waals surface area (Å²) in [5.74, 6) is -0.233. The number of piperidine rings is 1. The molecular weight excluding hydrogens is 913 g/mol. The number of nitrogens with zero attached hydrogens (tertiary/aromatic N) is 5. The van der Waals surface area contributed by atoms with Crippen molar-refractivity contribution in [1.82, 2.24) is 19.6 Å². The Hall–Kier alpha value is -5.79. The lowest BCUT2D eigenvalue weighted by Gasteiger charge is -2.58. The van der Waals surface area contributed by atoms with E-state index in [-0.39, 0.29) is 34.2 Å². The summed E-state index contributed by atoms with van der Waals surface area (Å²) in [6, 6.07) is 22.6. The molecule has 0 bridgehead atoms. The number of rotatable bonds is 11. The van der Waals surface area contributed by atoms with E-state index in [9.17, 15) is 23.3 Å². The van der Waals surface area contributed by atoms with Gasteiger partial charge < -0.3 is 39.0 Å². The number of fused-ring (bicyclic) bond motifs is 3. The number of aromatic amines is 1. The van der Waals surface area contributed by atoms with E-state index < -0.39 is 37.5 Å². The Kier molecular flexibility index (Phi) is 11.5. The van der Waals surface area contributed by atoms with E-state index in [4.69, 9.17) is 23.9 Å². The summed E-state index contributed by atoms with van der Waals surface area (Å²) in [5.41, 5.74) is 5.75. The van der Waals surface area contributed by atoms with Gasteiger partial charge in [0.1, 0.15) is 23.1 Å². The highest BCUT2D eigenvalue weighted by atomic mass is 32.2. The van der Waals surface area contributed by atoms with Gasteiger partial charge in [0.25, 0.3) is 21.6 Å². The van der Waals surface area contributed by atoms with E-state index in [1.807, 2.05) is 35.4 Å². The zero-order valence-electron chi connectivity index (χ0n) is 39.4. The molecule has 368 valence electrons. The van der Waals surface area contributed by atoms with Crippen LogP contribution in [0.5, 0.6) is 5.88 Å². The largest absolute Gasteiger partial charge is 0.468 e. The number of anilines is 4. The molecule has 4 atom stereocenters. The van der Waals surface area contributed by atoms with E-state index in [2.05, 4.69) is 56.0 Å². The van der Waals surface area contributed by atoms with Crippen LogP contribution in [0.4, 0.5) is 28.4 Å². The van der Waals surface area contributed by atoms with Crippen LogP contribution in [0.1, 0.15) is 85.3 Å². The fourth-order valence-electron chi connectivity index (χ4n) is 12.9. The second-order valence-electron chi connectivity index (χ2n) is 20.8. The van der Waals surface area contributed by atoms with Crippen molar-refractivity contribution in [3.05, 3.63) is 106 Å². The minimum atomic E-state index is -4.60. The van der Waals surface area contributed by atoms with E-state index in [1.165, 1.54) is 29.7 Å². The van der Waals surface area contributed by atoms with Gasteiger partial charge in [-0.2, -0.15) is 4.98 Å². The predicted molar refractivity (Wildman–Crippen MR) is 264 cm³/mol. The molecule has 5 saturated heterocycles. The third kappa shape index (κ3) is 8.05. The maximum absolute atomic E-state index is 14.6. The van der Waals surface area contributed by atoms with E-state index in [1.54, 1.807) is 6.07 Å². The molecule has 6 fully saturated rings. The second-order valence-corrected chi connectivity index (χ2v) is 22.4. The first-order valence-electron chi connectivity index (χ1n) is 25.0. The third-order valence-electron chi connectivity index (χ3n) is 16.8. The first-order chi connectivity index (χ1) is 34.0. The van der Waals surface area contributed by atoms with Crippen LogP contribution >= 0.6 is 0 Å². The summed E-state index contributed by atoms with van der Waals surface area (Å²) in [5, 5.41) is 16.3. The van der Waals surface area contributed by atoms with Gasteiger partial charge in [0.15, 0.2) is 0 Å². The molecule has 2 spiro atoms. The molecule has 6 aliphatic heterocycles. The van der Waals surface area contributed by atoms with Crippen LogP contribution in [0.15, 0.2) is 83.9 Å². The molecular formula is C52H60N8O9S. The van der Waals surface area contributed by atoms with E-state index in [0.717, 1.165) is 94.8 Å². The van der Waals surface area contributed by atoms with Crippen molar-refractivity contribution in [3.63, 3.8) is 0 Å². The Labute approximate surface area is 407 Å². The number of likely N-dealkylation sites (tertiary alicyclic amines) is 1. The minimum absolute atomic E-state index is 0.109. The fourth-order valence-corrected chi connectivity index (χ4v) is 13.9. The lowest BCUT2D eigenvalue weighted by atomic mass is 9.59. The van der Waals surface area contributed by atoms with E-state index in [0.29, 0.717) is 68.0 Å². The van der Waals surface area contributed by atoms with Gasteiger partial charge in [-0.25, -0.2) is 13.1 Å². The van der Waals surface area contributed by atoms with E-state index >= 15 is 0 Å². The highest BCUT2D eigenvalue weighted by molar-refractivity contribution is 7.90. The average Bonchev–Trinajstić information content (AvgIpc) is 4.20. The Balaban J connectivity index is 0.827. The molecule has 17 nitrogen and oxygen atoms in total. The molecule has 1 unspecified atom stereocenters. The Morgan fingerprint density at radius 3 is 2.53 bits per heavy atom. The number of nitrogens with one attached hydrogen (secondary N) is 3. The summed E-state index contributed by atoms with van der Waals surface area (Å²) in [6.07, 6.45) is 10.9. The zero-order chi connectivity index (χ0) is 47.8. The maximum atomic E-state index is 14.6. The summed E-state index contributed by atoms with van der Waals surface area (Å²) in [6.45, 7) is 7.91. The van der Waals surface area contributed by atoms with Gasteiger partial charge >= 0.3 is 0 Å². The molecule has 12 rings (SSSR count). The highest BCUT2D eigenvalue weighted by Gasteiger charge is 2.58. The van der Waals surface area contributed by atoms with Gasteiger partial charge in [-0.15, -0.1) is 0 Å². The molecule has 8 heterocycles. The van der Waals surface area contributed by atoms with Gasteiger partial charge in [-0.3, -0.25) is 19.8 Å². The summed E-state index contributed by atoms with van der Waals surface area (Å²) >= 11 is 0. The Morgan fingerprint density at radius 2 is 1.74 bits per heavy atom. The minimum Gasteiger partial charge on any atom is -0.468 e. The standard InChI is InChI=1S/C52H60N8O9S/c1-33-4-2-3-5-39(33)42-10-14-52(17-23-67-32-52)59(42)37-27-51(28-37)15-19-57(20-16-51)36-6-8-40(43(25-36)58-45-24-35-11-18-53-48(35)55-50(45)69-47-31-68-30-46(47)58)49(61)56-70(64,65)38-7-9-41(44(26-38)60(62)63)54-29-34-12-21-66-22-13-34/h2-9,11,18,24-26,34,37,42,46-47,54H,10,12-17,19-23,27-32H2,1H3,(H,53,55)(H,56,61)/t42-,46-,47-,52?/m1/s1. The molecule has 1 aliphatic carbocycles. The van der Waals surface area contributed by atoms with Crippen molar-refractivity contribution in [2.24, 2.45) is 11.3 Å². The van der Waals surface area contributed by atoms with Crippen LogP contribution in [-0.2, 0) is 24.2 Å². The fraction of sp³-hybridized carbons (Fsp3) is 0.500. The topological polar surface area (TPSA) is 194 Å². The average molecular weight is 973 g/mol. The highest BCUT2D eigenvalue weighted by Crippen LogP contribution is 2.58. The van der Waals surface area contributed by atoms with Gasteiger partial charge in [-0.1, -0.05) is 24.3 Å². The third-order valence-corrected chi connectivity index (χ3v) is 18.1. The smallest absolute Gasteiger partial charge is 0.293 e. The first-order valence-corrected chi connectivity index (χ1v) is 26.4. The quantitative estimate of drug-likeness (QED) is 0.0858. The summed E-state index contributed by atoms with van der Waals surface area (Å²) in [7, 11) is -4.60. The van der Waals surface area contributed by atoms with Gasteiger partial charge in [0, 0.05) is 80.4 Å².